The molecule has 0 radical (unpaired) electrons. The highest BCUT2D eigenvalue weighted by Crippen LogP contribution is 2.31. The van der Waals surface area contributed by atoms with Gasteiger partial charge in [0.2, 0.25) is 0 Å². The van der Waals surface area contributed by atoms with Gasteiger partial charge in [-0.15, -0.1) is 0 Å². The lowest BCUT2D eigenvalue weighted by molar-refractivity contribution is -0.445. The number of benzene rings is 1. The molecule has 1 aromatic carbocycles. The van der Waals surface area contributed by atoms with Gasteiger partial charge in [-0.2, -0.15) is 0 Å². The van der Waals surface area contributed by atoms with Gasteiger partial charge >= 0.3 is 5.69 Å². The number of hydrogen-bond donors (Lipinski definition) is 1. The first kappa shape index (κ1) is 12.8. The van der Waals surface area contributed by atoms with E-state index in [0.717, 1.165) is 18.4 Å². The Morgan fingerprint density at radius 2 is 2.22 bits per heavy atom. The second-order valence-corrected chi connectivity index (χ2v) is 4.76. The van der Waals surface area contributed by atoms with Crippen LogP contribution >= 0.6 is 0 Å². The topological polar surface area (TPSA) is 89.2 Å². The van der Waals surface area contributed by atoms with E-state index in [4.69, 9.17) is 9.47 Å². The first-order valence-electron chi connectivity index (χ1n) is 5.78. The third-order valence-electron chi connectivity index (χ3n) is 3.07. The van der Waals surface area contributed by atoms with E-state index >= 15 is 0 Å². The smallest absolute Gasteiger partial charge is 0.311 e. The van der Waals surface area contributed by atoms with Crippen molar-refractivity contribution in [3.63, 3.8) is 0 Å². The van der Waals surface area contributed by atoms with Crippen LogP contribution in [0.4, 0.5) is 5.69 Å². The van der Waals surface area contributed by atoms with Crippen molar-refractivity contribution in [2.45, 2.75) is 25.0 Å². The highest BCUT2D eigenvalue weighted by Gasteiger charge is 2.43. The predicted molar refractivity (Wildman–Crippen MR) is 64.2 cm³/mol. The van der Waals surface area contributed by atoms with Gasteiger partial charge in [-0.05, 0) is 11.6 Å². The molecule has 0 amide bonds. The molecule has 0 saturated heterocycles. The average Bonchev–Trinajstić information content (AvgIpc) is 3.07. The zero-order chi connectivity index (χ0) is 13.2. The van der Waals surface area contributed by atoms with Crippen molar-refractivity contribution in [2.75, 3.05) is 13.7 Å². The monoisotopic (exact) mass is 253 g/mol. The Bertz CT molecular complexity index is 457. The van der Waals surface area contributed by atoms with Crippen LogP contribution in [-0.4, -0.2) is 24.2 Å². The quantitative estimate of drug-likeness (QED) is 0.602. The third kappa shape index (κ3) is 2.96. The molecular formula is C12H17N2O4+. The highest BCUT2D eigenvalue weighted by molar-refractivity contribution is 5.48. The zero-order valence-electron chi connectivity index (χ0n) is 10.3. The van der Waals surface area contributed by atoms with Gasteiger partial charge in [-0.25, -0.2) is 0 Å². The maximum atomic E-state index is 10.9. The third-order valence-corrected chi connectivity index (χ3v) is 3.07. The van der Waals surface area contributed by atoms with Gasteiger partial charge in [0, 0.05) is 18.9 Å². The molecule has 18 heavy (non-hydrogen) atoms. The molecular weight excluding hydrogens is 236 g/mol. The van der Waals surface area contributed by atoms with Crippen molar-refractivity contribution >= 4 is 5.69 Å². The van der Waals surface area contributed by atoms with Crippen LogP contribution in [0.3, 0.4) is 0 Å². The van der Waals surface area contributed by atoms with Crippen molar-refractivity contribution < 1.29 is 20.1 Å². The van der Waals surface area contributed by atoms with Crippen LogP contribution in [-0.2, 0) is 11.3 Å². The second-order valence-electron chi connectivity index (χ2n) is 4.76. The summed E-state index contributed by atoms with van der Waals surface area (Å²) in [6, 6.07) is 4.85. The number of nitro benzene ring substituents is 1. The van der Waals surface area contributed by atoms with Gasteiger partial charge in [0.15, 0.2) is 5.75 Å². The Morgan fingerprint density at radius 1 is 1.50 bits per heavy atom. The van der Waals surface area contributed by atoms with E-state index in [2.05, 4.69) is 5.73 Å². The van der Waals surface area contributed by atoms with Gasteiger partial charge in [0.1, 0.15) is 12.1 Å². The van der Waals surface area contributed by atoms with Crippen LogP contribution in [0.15, 0.2) is 18.2 Å². The summed E-state index contributed by atoms with van der Waals surface area (Å²) in [6.45, 7) is 0.967. The van der Waals surface area contributed by atoms with Crippen LogP contribution in [0.1, 0.15) is 18.4 Å². The van der Waals surface area contributed by atoms with Crippen molar-refractivity contribution in [2.24, 2.45) is 0 Å². The fourth-order valence-corrected chi connectivity index (χ4v) is 1.67. The van der Waals surface area contributed by atoms with Crippen LogP contribution in [0.5, 0.6) is 5.75 Å². The Kier molecular flexibility index (Phi) is 3.49. The highest BCUT2D eigenvalue weighted by atomic mass is 16.6. The molecule has 3 N–H and O–H groups in total. The van der Waals surface area contributed by atoms with Crippen LogP contribution in [0, 0.1) is 10.1 Å². The molecule has 1 fully saturated rings. The first-order valence-corrected chi connectivity index (χ1v) is 5.78. The molecule has 0 heterocycles. The van der Waals surface area contributed by atoms with Crippen LogP contribution in [0.25, 0.3) is 0 Å². The lowest BCUT2D eigenvalue weighted by atomic mass is 10.2. The summed E-state index contributed by atoms with van der Waals surface area (Å²) < 4.78 is 10.5. The Labute approximate surface area is 105 Å². The normalized spacial score (nSPS) is 16.3. The molecule has 6 heteroatoms. The SMILES string of the molecule is COc1ccc(COCC2([NH3+])CC2)cc1[N+](=O)[O-]. The fraction of sp³-hybridized carbons (Fsp3) is 0.500. The van der Waals surface area contributed by atoms with E-state index in [1.807, 2.05) is 0 Å². The number of nitro groups is 1. The number of hydrogen-bond acceptors (Lipinski definition) is 4. The van der Waals surface area contributed by atoms with Crippen molar-refractivity contribution in [1.29, 1.82) is 0 Å². The van der Waals surface area contributed by atoms with Gasteiger partial charge in [-0.3, -0.25) is 10.1 Å². The Balaban J connectivity index is 2.00. The summed E-state index contributed by atoms with van der Waals surface area (Å²) in [5, 5.41) is 10.9. The molecule has 1 aliphatic carbocycles. The fourth-order valence-electron chi connectivity index (χ4n) is 1.67. The van der Waals surface area contributed by atoms with E-state index in [9.17, 15) is 10.1 Å². The van der Waals surface area contributed by atoms with E-state index in [-0.39, 0.29) is 17.0 Å². The van der Waals surface area contributed by atoms with Crippen LogP contribution < -0.4 is 10.5 Å². The molecule has 2 rings (SSSR count). The molecule has 98 valence electrons. The van der Waals surface area contributed by atoms with Crippen molar-refractivity contribution in [3.05, 3.63) is 33.9 Å². The summed E-state index contributed by atoms with van der Waals surface area (Å²) in [5.41, 5.74) is 4.85. The summed E-state index contributed by atoms with van der Waals surface area (Å²) in [5.74, 6) is 0.263. The maximum Gasteiger partial charge on any atom is 0.311 e. The lowest BCUT2D eigenvalue weighted by Crippen LogP contribution is -2.65. The van der Waals surface area contributed by atoms with Gasteiger partial charge < -0.3 is 15.2 Å². The minimum atomic E-state index is -0.452. The van der Waals surface area contributed by atoms with E-state index in [1.54, 1.807) is 12.1 Å². The largest absolute Gasteiger partial charge is 0.490 e. The standard InChI is InChI=1S/C12H16N2O4/c1-17-11-3-2-9(6-10(11)14(15)16)7-18-8-12(13)4-5-12/h2-3,6H,4-5,7-8,13H2,1H3/p+1. The molecule has 6 nitrogen and oxygen atoms in total. The minimum absolute atomic E-state index is 0.0330. The van der Waals surface area contributed by atoms with E-state index in [0.29, 0.717) is 13.2 Å². The number of quaternary nitrogens is 1. The maximum absolute atomic E-state index is 10.9. The van der Waals surface area contributed by atoms with Crippen LogP contribution in [0.2, 0.25) is 0 Å². The number of methoxy groups -OCH3 is 1. The number of rotatable bonds is 6. The second kappa shape index (κ2) is 4.91. The molecule has 1 aromatic rings. The first-order chi connectivity index (χ1) is 8.54. The molecule has 0 aliphatic heterocycles. The van der Waals surface area contributed by atoms with Gasteiger partial charge in [0.05, 0.1) is 18.6 Å². The van der Waals surface area contributed by atoms with Gasteiger partial charge in [0.25, 0.3) is 0 Å². The van der Waals surface area contributed by atoms with Gasteiger partial charge in [-0.1, -0.05) is 6.07 Å². The Morgan fingerprint density at radius 3 is 2.78 bits per heavy atom. The Hall–Kier alpha value is -1.66. The summed E-state index contributed by atoms with van der Waals surface area (Å²) >= 11 is 0. The predicted octanol–water partition coefficient (Wildman–Crippen LogP) is 0.894. The minimum Gasteiger partial charge on any atom is -0.490 e. The summed E-state index contributed by atoms with van der Waals surface area (Å²) in [7, 11) is 1.41. The summed E-state index contributed by atoms with van der Waals surface area (Å²) in [6.07, 6.45) is 2.19. The molecule has 0 bridgehead atoms. The lowest BCUT2D eigenvalue weighted by Gasteiger charge is -2.08. The average molecular weight is 253 g/mol. The number of ether oxygens (including phenoxy) is 2. The van der Waals surface area contributed by atoms with Crippen molar-refractivity contribution in [3.8, 4) is 5.75 Å². The molecule has 0 unspecified atom stereocenters. The molecule has 0 atom stereocenters. The molecule has 1 aliphatic rings. The summed E-state index contributed by atoms with van der Waals surface area (Å²) in [4.78, 5) is 10.4. The zero-order valence-corrected chi connectivity index (χ0v) is 10.3. The molecule has 0 aromatic heterocycles. The molecule has 0 spiro atoms. The van der Waals surface area contributed by atoms with E-state index < -0.39 is 4.92 Å². The van der Waals surface area contributed by atoms with Crippen molar-refractivity contribution in [1.82, 2.24) is 0 Å². The molecule has 1 saturated carbocycles. The van der Waals surface area contributed by atoms with E-state index in [1.165, 1.54) is 13.2 Å². The number of nitrogens with zero attached hydrogens (tertiary/aromatic N) is 1.